The number of amides is 1. The third-order valence-electron chi connectivity index (χ3n) is 3.73. The van der Waals surface area contributed by atoms with Crippen molar-refractivity contribution in [3.8, 4) is 11.5 Å². The molecule has 0 fully saturated rings. The van der Waals surface area contributed by atoms with E-state index in [9.17, 15) is 9.59 Å². The van der Waals surface area contributed by atoms with E-state index in [0.29, 0.717) is 6.61 Å². The number of rotatable bonds is 5. The van der Waals surface area contributed by atoms with Crippen LogP contribution < -0.4 is 20.3 Å². The summed E-state index contributed by atoms with van der Waals surface area (Å²) < 4.78 is 11.4. The summed E-state index contributed by atoms with van der Waals surface area (Å²) in [5, 5.41) is 8.73. The highest BCUT2D eigenvalue weighted by molar-refractivity contribution is 5.91. The van der Waals surface area contributed by atoms with Gasteiger partial charge in [0.1, 0.15) is 23.3 Å². The van der Waals surface area contributed by atoms with Gasteiger partial charge in [0.2, 0.25) is 0 Å². The van der Waals surface area contributed by atoms with Crippen molar-refractivity contribution in [1.29, 1.82) is 0 Å². The Hall–Kier alpha value is -2.83. The van der Waals surface area contributed by atoms with E-state index in [0.717, 1.165) is 29.0 Å². The molecular formula is C17H19N3O4. The number of fused-ring (bicyclic) bond motifs is 1. The van der Waals surface area contributed by atoms with Gasteiger partial charge >= 0.3 is 0 Å². The van der Waals surface area contributed by atoms with Crippen molar-refractivity contribution in [3.63, 3.8) is 0 Å². The molecule has 3 rings (SSSR count). The molecule has 2 heterocycles. The summed E-state index contributed by atoms with van der Waals surface area (Å²) in [6.45, 7) is 4.75. The Balaban J connectivity index is 1.76. The van der Waals surface area contributed by atoms with E-state index in [1.807, 2.05) is 26.0 Å². The highest BCUT2D eigenvalue weighted by Crippen LogP contribution is 2.35. The number of aromatic amines is 1. The molecule has 1 aromatic heterocycles. The number of benzene rings is 1. The Bertz CT molecular complexity index is 795. The Morgan fingerprint density at radius 2 is 2.29 bits per heavy atom. The zero-order valence-corrected chi connectivity index (χ0v) is 13.6. The lowest BCUT2D eigenvalue weighted by atomic mass is 10.1. The van der Waals surface area contributed by atoms with Gasteiger partial charge in [-0.25, -0.2) is 5.10 Å². The Morgan fingerprint density at radius 1 is 1.46 bits per heavy atom. The van der Waals surface area contributed by atoms with Crippen molar-refractivity contribution in [2.24, 2.45) is 0 Å². The molecule has 0 bridgehead atoms. The van der Waals surface area contributed by atoms with E-state index < -0.39 is 0 Å². The molecule has 0 unspecified atom stereocenters. The standard InChI is InChI=1S/C17H19N3O4/c1-3-23-14-7-11-6-10(2)24-15(11)8-12(14)9-18-17(22)13-4-5-16(21)20-19-13/h4-5,7-8,10H,3,6,9H2,1-2H3,(H,18,22)(H,20,21)/t10-/m1/s1. The van der Waals surface area contributed by atoms with Crippen LogP contribution in [0.3, 0.4) is 0 Å². The molecular weight excluding hydrogens is 310 g/mol. The molecule has 2 aromatic rings. The number of nitrogens with zero attached hydrogens (tertiary/aromatic N) is 1. The van der Waals surface area contributed by atoms with Gasteiger partial charge in [-0.05, 0) is 32.0 Å². The van der Waals surface area contributed by atoms with Crippen LogP contribution in [0, 0.1) is 0 Å². The third-order valence-corrected chi connectivity index (χ3v) is 3.73. The van der Waals surface area contributed by atoms with Crippen molar-refractivity contribution in [1.82, 2.24) is 15.5 Å². The average molecular weight is 329 g/mol. The van der Waals surface area contributed by atoms with Crippen LogP contribution in [-0.2, 0) is 13.0 Å². The number of hydrogen-bond acceptors (Lipinski definition) is 5. The molecule has 7 nitrogen and oxygen atoms in total. The molecule has 1 aliphatic rings. The van der Waals surface area contributed by atoms with Crippen LogP contribution in [0.2, 0.25) is 0 Å². The van der Waals surface area contributed by atoms with Crippen LogP contribution in [0.1, 0.15) is 35.5 Å². The molecule has 2 N–H and O–H groups in total. The van der Waals surface area contributed by atoms with Crippen LogP contribution in [0.4, 0.5) is 0 Å². The Kier molecular flexibility index (Phi) is 4.50. The minimum atomic E-state index is -0.372. The smallest absolute Gasteiger partial charge is 0.271 e. The largest absolute Gasteiger partial charge is 0.494 e. The lowest BCUT2D eigenvalue weighted by molar-refractivity contribution is 0.0944. The molecule has 1 amide bonds. The van der Waals surface area contributed by atoms with E-state index >= 15 is 0 Å². The summed E-state index contributed by atoms with van der Waals surface area (Å²) in [7, 11) is 0. The Labute approximate surface area is 139 Å². The number of hydrogen-bond donors (Lipinski definition) is 2. The van der Waals surface area contributed by atoms with Crippen LogP contribution in [0.25, 0.3) is 0 Å². The second-order valence-corrected chi connectivity index (χ2v) is 5.62. The second-order valence-electron chi connectivity index (χ2n) is 5.62. The summed E-state index contributed by atoms with van der Waals surface area (Å²) in [4.78, 5) is 23.1. The predicted octanol–water partition coefficient (Wildman–Crippen LogP) is 1.42. The van der Waals surface area contributed by atoms with Crippen LogP contribution in [0.5, 0.6) is 11.5 Å². The molecule has 7 heteroatoms. The van der Waals surface area contributed by atoms with Crippen LogP contribution in [0.15, 0.2) is 29.1 Å². The summed E-state index contributed by atoms with van der Waals surface area (Å²) in [5.74, 6) is 1.20. The van der Waals surface area contributed by atoms with Gasteiger partial charge in [-0.3, -0.25) is 9.59 Å². The first-order valence-electron chi connectivity index (χ1n) is 7.86. The number of carbonyl (C=O) groups is 1. The lowest BCUT2D eigenvalue weighted by Gasteiger charge is -2.13. The quantitative estimate of drug-likeness (QED) is 0.865. The lowest BCUT2D eigenvalue weighted by Crippen LogP contribution is -2.25. The SMILES string of the molecule is CCOc1cc2c(cc1CNC(=O)c1ccc(=O)[nH]n1)O[C@H](C)C2. The van der Waals surface area contributed by atoms with Gasteiger partial charge in [-0.1, -0.05) is 0 Å². The number of H-pyrrole nitrogens is 1. The maximum atomic E-state index is 12.1. The number of ether oxygens (including phenoxy) is 2. The maximum absolute atomic E-state index is 12.1. The van der Waals surface area contributed by atoms with Crippen molar-refractivity contribution in [2.75, 3.05) is 6.61 Å². The van der Waals surface area contributed by atoms with E-state index in [2.05, 4.69) is 15.5 Å². The van der Waals surface area contributed by atoms with E-state index in [-0.39, 0.29) is 29.8 Å². The highest BCUT2D eigenvalue weighted by Gasteiger charge is 2.22. The van der Waals surface area contributed by atoms with Crippen LogP contribution >= 0.6 is 0 Å². The maximum Gasteiger partial charge on any atom is 0.271 e. The van der Waals surface area contributed by atoms with Crippen molar-refractivity contribution in [2.45, 2.75) is 32.9 Å². The van der Waals surface area contributed by atoms with Gasteiger partial charge in [-0.2, -0.15) is 5.10 Å². The molecule has 1 atom stereocenters. The van der Waals surface area contributed by atoms with Crippen LogP contribution in [-0.4, -0.2) is 28.8 Å². The minimum absolute atomic E-state index is 0.143. The average Bonchev–Trinajstić information content (AvgIpc) is 2.92. The molecule has 1 aliphatic heterocycles. The van der Waals surface area contributed by atoms with Crippen molar-refractivity contribution < 1.29 is 14.3 Å². The Morgan fingerprint density at radius 3 is 3.00 bits per heavy atom. The molecule has 0 saturated heterocycles. The minimum Gasteiger partial charge on any atom is -0.494 e. The van der Waals surface area contributed by atoms with E-state index in [4.69, 9.17) is 9.47 Å². The second kappa shape index (κ2) is 6.74. The van der Waals surface area contributed by atoms with E-state index in [1.54, 1.807) is 0 Å². The number of aromatic nitrogens is 2. The first-order chi connectivity index (χ1) is 11.6. The first-order valence-corrected chi connectivity index (χ1v) is 7.86. The predicted molar refractivity (Wildman–Crippen MR) is 87.4 cm³/mol. The number of carbonyl (C=O) groups excluding carboxylic acids is 1. The molecule has 24 heavy (non-hydrogen) atoms. The van der Waals surface area contributed by atoms with Crippen molar-refractivity contribution >= 4 is 5.91 Å². The molecule has 0 saturated carbocycles. The normalized spacial score (nSPS) is 15.5. The fourth-order valence-electron chi connectivity index (χ4n) is 2.65. The third kappa shape index (κ3) is 3.40. The molecule has 1 aromatic carbocycles. The molecule has 126 valence electrons. The number of nitrogens with one attached hydrogen (secondary N) is 2. The monoisotopic (exact) mass is 329 g/mol. The van der Waals surface area contributed by atoms with Gasteiger partial charge in [0.15, 0.2) is 0 Å². The van der Waals surface area contributed by atoms with Gasteiger partial charge in [0, 0.05) is 30.2 Å². The fraction of sp³-hybridized carbons (Fsp3) is 0.353. The summed E-state index contributed by atoms with van der Waals surface area (Å²) in [5.41, 5.74) is 1.75. The van der Waals surface area contributed by atoms with Gasteiger partial charge in [0.25, 0.3) is 11.5 Å². The van der Waals surface area contributed by atoms with Gasteiger partial charge in [0.05, 0.1) is 6.61 Å². The molecule has 0 spiro atoms. The van der Waals surface area contributed by atoms with Crippen molar-refractivity contribution in [3.05, 3.63) is 51.4 Å². The topological polar surface area (TPSA) is 93.3 Å². The van der Waals surface area contributed by atoms with Gasteiger partial charge < -0.3 is 14.8 Å². The van der Waals surface area contributed by atoms with E-state index in [1.165, 1.54) is 12.1 Å². The first kappa shape index (κ1) is 16.0. The molecule has 0 aliphatic carbocycles. The highest BCUT2D eigenvalue weighted by atomic mass is 16.5. The summed E-state index contributed by atoms with van der Waals surface area (Å²) in [6, 6.07) is 6.52. The molecule has 0 radical (unpaired) electrons. The van der Waals surface area contributed by atoms with Gasteiger partial charge in [-0.15, -0.1) is 0 Å². The zero-order chi connectivity index (χ0) is 17.1. The summed E-state index contributed by atoms with van der Waals surface area (Å²) in [6.07, 6.45) is 0.994. The summed E-state index contributed by atoms with van der Waals surface area (Å²) >= 11 is 0. The zero-order valence-electron chi connectivity index (χ0n) is 13.6. The fourth-order valence-corrected chi connectivity index (χ4v) is 2.65.